The van der Waals surface area contributed by atoms with Gasteiger partial charge in [-0.25, -0.2) is 4.98 Å². The first-order valence-corrected chi connectivity index (χ1v) is 10.9. The van der Waals surface area contributed by atoms with Gasteiger partial charge in [0.05, 0.1) is 18.3 Å². The zero-order valence-corrected chi connectivity index (χ0v) is 18.5. The molecule has 1 aromatic heterocycles. The van der Waals surface area contributed by atoms with Crippen molar-refractivity contribution in [3.8, 4) is 0 Å². The maximum absolute atomic E-state index is 6.09. The average Bonchev–Trinajstić information content (AvgIpc) is 3.09. The van der Waals surface area contributed by atoms with Gasteiger partial charge in [0.15, 0.2) is 5.96 Å². The molecule has 1 fully saturated rings. The summed E-state index contributed by atoms with van der Waals surface area (Å²) < 4.78 is 11.7. The van der Waals surface area contributed by atoms with Gasteiger partial charge in [0.1, 0.15) is 5.76 Å². The molecule has 0 aliphatic carbocycles. The van der Waals surface area contributed by atoms with Crippen molar-refractivity contribution >= 4 is 5.96 Å². The Hall–Kier alpha value is -2.38. The Balaban J connectivity index is 1.24. The van der Waals surface area contributed by atoms with E-state index >= 15 is 0 Å². The minimum absolute atomic E-state index is 0.381. The number of nitrogens with zero attached hydrogens (tertiary/aromatic N) is 3. The maximum Gasteiger partial charge on any atom is 0.214 e. The lowest BCUT2D eigenvalue weighted by atomic mass is 10.1. The summed E-state index contributed by atoms with van der Waals surface area (Å²) >= 11 is 0. The molecule has 164 valence electrons. The number of ether oxygens (including phenoxy) is 1. The Morgan fingerprint density at radius 3 is 2.63 bits per heavy atom. The van der Waals surface area contributed by atoms with Crippen LogP contribution in [-0.2, 0) is 17.8 Å². The number of aryl methyl sites for hydroxylation is 2. The van der Waals surface area contributed by atoms with Crippen molar-refractivity contribution < 1.29 is 9.15 Å². The van der Waals surface area contributed by atoms with E-state index in [0.717, 1.165) is 69.5 Å². The molecule has 3 rings (SSSR count). The van der Waals surface area contributed by atoms with Crippen molar-refractivity contribution in [1.82, 2.24) is 20.5 Å². The molecule has 2 N–H and O–H groups in total. The van der Waals surface area contributed by atoms with Crippen LogP contribution in [0, 0.1) is 13.8 Å². The van der Waals surface area contributed by atoms with Crippen molar-refractivity contribution in [1.29, 1.82) is 0 Å². The van der Waals surface area contributed by atoms with Crippen molar-refractivity contribution in [2.45, 2.75) is 52.3 Å². The fourth-order valence-corrected chi connectivity index (χ4v) is 3.60. The Labute approximate surface area is 179 Å². The number of oxazole rings is 1. The molecule has 0 atom stereocenters. The third-order valence-electron chi connectivity index (χ3n) is 5.45. The molecule has 1 aliphatic rings. The molecule has 0 amide bonds. The van der Waals surface area contributed by atoms with Gasteiger partial charge in [-0.1, -0.05) is 30.3 Å². The average molecular weight is 414 g/mol. The highest BCUT2D eigenvalue weighted by atomic mass is 16.5. The van der Waals surface area contributed by atoms with Crippen LogP contribution in [0.25, 0.3) is 0 Å². The number of likely N-dealkylation sites (tertiary alicyclic amines) is 1. The van der Waals surface area contributed by atoms with E-state index in [9.17, 15) is 0 Å². The van der Waals surface area contributed by atoms with Crippen LogP contribution in [0.5, 0.6) is 0 Å². The van der Waals surface area contributed by atoms with Crippen LogP contribution < -0.4 is 10.6 Å². The van der Waals surface area contributed by atoms with E-state index in [4.69, 9.17) is 9.15 Å². The summed E-state index contributed by atoms with van der Waals surface area (Å²) in [6.07, 6.45) is 3.55. The second kappa shape index (κ2) is 11.7. The van der Waals surface area contributed by atoms with Crippen molar-refractivity contribution in [2.75, 3.05) is 33.3 Å². The molecule has 1 aliphatic heterocycles. The number of nitrogens with one attached hydrogen (secondary N) is 2. The molecule has 0 spiro atoms. The van der Waals surface area contributed by atoms with Crippen LogP contribution in [-0.4, -0.2) is 55.2 Å². The first-order chi connectivity index (χ1) is 14.6. The molecule has 30 heavy (non-hydrogen) atoms. The lowest BCUT2D eigenvalue weighted by Crippen LogP contribution is -2.38. The topological polar surface area (TPSA) is 74.9 Å². The van der Waals surface area contributed by atoms with E-state index in [0.29, 0.717) is 18.5 Å². The maximum atomic E-state index is 6.09. The van der Waals surface area contributed by atoms with Gasteiger partial charge in [-0.15, -0.1) is 0 Å². The van der Waals surface area contributed by atoms with E-state index in [1.165, 1.54) is 5.56 Å². The third kappa shape index (κ3) is 7.15. The first kappa shape index (κ1) is 22.3. The van der Waals surface area contributed by atoms with Crippen LogP contribution in [0.1, 0.15) is 42.2 Å². The summed E-state index contributed by atoms with van der Waals surface area (Å²) in [4.78, 5) is 11.1. The van der Waals surface area contributed by atoms with Gasteiger partial charge in [-0.3, -0.25) is 9.89 Å². The predicted molar refractivity (Wildman–Crippen MR) is 119 cm³/mol. The standard InChI is InChI=1S/C23H35N5O2/c1-18-19(2)30-22(27-18)16-26-23(24-3)25-12-7-15-29-21-10-13-28(14-11-21)17-20-8-5-4-6-9-20/h4-6,8-9,21H,7,10-17H2,1-3H3,(H2,24,25,26). The summed E-state index contributed by atoms with van der Waals surface area (Å²) in [6.45, 7) is 9.22. The lowest BCUT2D eigenvalue weighted by Gasteiger charge is -2.32. The van der Waals surface area contributed by atoms with Gasteiger partial charge < -0.3 is 19.8 Å². The van der Waals surface area contributed by atoms with Gasteiger partial charge in [-0.2, -0.15) is 0 Å². The molecule has 0 bridgehead atoms. The number of aromatic nitrogens is 1. The molecule has 7 nitrogen and oxygen atoms in total. The minimum Gasteiger partial charge on any atom is -0.444 e. The van der Waals surface area contributed by atoms with Crippen LogP contribution in [0.15, 0.2) is 39.7 Å². The van der Waals surface area contributed by atoms with Crippen LogP contribution in [0.4, 0.5) is 0 Å². The molecule has 0 unspecified atom stereocenters. The highest BCUT2D eigenvalue weighted by Gasteiger charge is 2.19. The fraction of sp³-hybridized carbons (Fsp3) is 0.565. The van der Waals surface area contributed by atoms with Crippen molar-refractivity contribution in [2.24, 2.45) is 4.99 Å². The van der Waals surface area contributed by atoms with Crippen LogP contribution >= 0.6 is 0 Å². The Bertz CT molecular complexity index is 763. The molecule has 1 aromatic carbocycles. The first-order valence-electron chi connectivity index (χ1n) is 10.9. The zero-order valence-electron chi connectivity index (χ0n) is 18.5. The summed E-state index contributed by atoms with van der Waals surface area (Å²) in [5.41, 5.74) is 2.32. The molecule has 0 radical (unpaired) electrons. The number of benzene rings is 1. The lowest BCUT2D eigenvalue weighted by molar-refractivity contribution is 0.00534. The van der Waals surface area contributed by atoms with Crippen molar-refractivity contribution in [3.63, 3.8) is 0 Å². The zero-order chi connectivity index (χ0) is 21.2. The number of rotatable bonds is 9. The van der Waals surface area contributed by atoms with Gasteiger partial charge >= 0.3 is 0 Å². The summed E-state index contributed by atoms with van der Waals surface area (Å²) in [5, 5.41) is 6.54. The fourth-order valence-electron chi connectivity index (χ4n) is 3.60. The number of aliphatic imine (C=N–C) groups is 1. The molecule has 2 aromatic rings. The number of hydrogen-bond donors (Lipinski definition) is 2. The van der Waals surface area contributed by atoms with Crippen molar-refractivity contribution in [3.05, 3.63) is 53.2 Å². The number of piperidine rings is 1. The van der Waals surface area contributed by atoms with E-state index in [-0.39, 0.29) is 0 Å². The highest BCUT2D eigenvalue weighted by Crippen LogP contribution is 2.16. The SMILES string of the molecule is CN=C(NCCCOC1CCN(Cc2ccccc2)CC1)NCc1nc(C)c(C)o1. The smallest absolute Gasteiger partial charge is 0.214 e. The summed E-state index contributed by atoms with van der Waals surface area (Å²) in [5.74, 6) is 2.28. The van der Waals surface area contributed by atoms with Gasteiger partial charge in [0.2, 0.25) is 5.89 Å². The predicted octanol–water partition coefficient (Wildman–Crippen LogP) is 3.03. The number of guanidine groups is 1. The van der Waals surface area contributed by atoms with Gasteiger partial charge in [0.25, 0.3) is 0 Å². The second-order valence-electron chi connectivity index (χ2n) is 7.79. The van der Waals surface area contributed by atoms with E-state index in [1.807, 2.05) is 13.8 Å². The van der Waals surface area contributed by atoms with Crippen LogP contribution in [0.2, 0.25) is 0 Å². The molecular formula is C23H35N5O2. The van der Waals surface area contributed by atoms with Gasteiger partial charge in [0, 0.05) is 39.8 Å². The molecule has 0 saturated carbocycles. The Kier molecular flexibility index (Phi) is 8.71. The minimum atomic E-state index is 0.381. The van der Waals surface area contributed by atoms with E-state index in [2.05, 4.69) is 55.8 Å². The molecular weight excluding hydrogens is 378 g/mol. The summed E-state index contributed by atoms with van der Waals surface area (Å²) in [6, 6.07) is 10.7. The van der Waals surface area contributed by atoms with E-state index < -0.39 is 0 Å². The third-order valence-corrected chi connectivity index (χ3v) is 5.45. The number of hydrogen-bond acceptors (Lipinski definition) is 5. The Morgan fingerprint density at radius 2 is 1.97 bits per heavy atom. The molecule has 2 heterocycles. The van der Waals surface area contributed by atoms with Gasteiger partial charge in [-0.05, 0) is 38.7 Å². The largest absolute Gasteiger partial charge is 0.444 e. The normalized spacial score (nSPS) is 16.0. The monoisotopic (exact) mass is 413 g/mol. The quantitative estimate of drug-likeness (QED) is 0.374. The van der Waals surface area contributed by atoms with E-state index in [1.54, 1.807) is 7.05 Å². The Morgan fingerprint density at radius 1 is 1.20 bits per heavy atom. The molecule has 1 saturated heterocycles. The molecule has 7 heteroatoms. The van der Waals surface area contributed by atoms with Crippen LogP contribution in [0.3, 0.4) is 0 Å². The highest BCUT2D eigenvalue weighted by molar-refractivity contribution is 5.79. The second-order valence-corrected chi connectivity index (χ2v) is 7.79. The summed E-state index contributed by atoms with van der Waals surface area (Å²) in [7, 11) is 1.77.